The number of rotatable bonds is 6. The van der Waals surface area contributed by atoms with Gasteiger partial charge in [-0.1, -0.05) is 18.2 Å². The molecule has 4 heteroatoms. The molecule has 1 amide bonds. The van der Waals surface area contributed by atoms with Gasteiger partial charge in [0, 0.05) is 12.3 Å². The van der Waals surface area contributed by atoms with E-state index in [2.05, 4.69) is 0 Å². The molecular weight excluding hydrogens is 230 g/mol. The van der Waals surface area contributed by atoms with Gasteiger partial charge >= 0.3 is 6.09 Å². The summed E-state index contributed by atoms with van der Waals surface area (Å²) in [6.45, 7) is 7.23. The number of anilines is 1. The molecule has 0 N–H and O–H groups in total. The van der Waals surface area contributed by atoms with Crippen LogP contribution in [0.4, 0.5) is 10.5 Å². The van der Waals surface area contributed by atoms with Gasteiger partial charge in [0.05, 0.1) is 19.3 Å². The van der Waals surface area contributed by atoms with Crippen LogP contribution in [-0.2, 0) is 9.47 Å². The monoisotopic (exact) mass is 251 g/mol. The summed E-state index contributed by atoms with van der Waals surface area (Å²) in [6, 6.07) is 9.47. The first-order chi connectivity index (χ1) is 8.65. The second-order valence-electron chi connectivity index (χ2n) is 4.12. The molecule has 1 aromatic rings. The van der Waals surface area contributed by atoms with Gasteiger partial charge in [-0.05, 0) is 32.9 Å². The summed E-state index contributed by atoms with van der Waals surface area (Å²) in [5, 5.41) is 0. The van der Waals surface area contributed by atoms with Gasteiger partial charge in [-0.2, -0.15) is 0 Å². The molecule has 0 saturated carbocycles. The zero-order chi connectivity index (χ0) is 13.4. The van der Waals surface area contributed by atoms with Crippen LogP contribution in [0.2, 0.25) is 0 Å². The van der Waals surface area contributed by atoms with E-state index in [0.29, 0.717) is 19.8 Å². The highest BCUT2D eigenvalue weighted by Crippen LogP contribution is 2.14. The van der Waals surface area contributed by atoms with E-state index in [1.54, 1.807) is 4.90 Å². The maximum Gasteiger partial charge on any atom is 0.414 e. The van der Waals surface area contributed by atoms with Gasteiger partial charge in [0.25, 0.3) is 0 Å². The molecule has 0 aliphatic rings. The highest BCUT2D eigenvalue weighted by Gasteiger charge is 2.17. The van der Waals surface area contributed by atoms with Crippen molar-refractivity contribution in [3.05, 3.63) is 30.3 Å². The third-order valence-electron chi connectivity index (χ3n) is 2.29. The van der Waals surface area contributed by atoms with Crippen molar-refractivity contribution in [3.8, 4) is 0 Å². The standard InChI is InChI=1S/C14H21NO3/c1-4-17-11-10-15(14(16)18-12(2)3)13-8-6-5-7-9-13/h5-9,12H,4,10-11H2,1-3H3. The second-order valence-corrected chi connectivity index (χ2v) is 4.12. The van der Waals surface area contributed by atoms with Gasteiger partial charge in [-0.15, -0.1) is 0 Å². The molecule has 0 heterocycles. The lowest BCUT2D eigenvalue weighted by atomic mass is 10.3. The number of amides is 1. The lowest BCUT2D eigenvalue weighted by Crippen LogP contribution is -2.35. The molecule has 0 fully saturated rings. The number of nitrogens with zero attached hydrogens (tertiary/aromatic N) is 1. The van der Waals surface area contributed by atoms with Crippen molar-refractivity contribution in [2.75, 3.05) is 24.7 Å². The molecule has 0 aliphatic carbocycles. The fourth-order valence-corrected chi connectivity index (χ4v) is 1.50. The van der Waals surface area contributed by atoms with Crippen LogP contribution in [-0.4, -0.2) is 32.0 Å². The third kappa shape index (κ3) is 4.75. The van der Waals surface area contributed by atoms with Gasteiger partial charge in [0.15, 0.2) is 0 Å². The van der Waals surface area contributed by atoms with E-state index in [1.807, 2.05) is 51.1 Å². The fraction of sp³-hybridized carbons (Fsp3) is 0.500. The normalized spacial score (nSPS) is 10.4. The molecule has 1 rings (SSSR count). The van der Waals surface area contributed by atoms with Gasteiger partial charge in [-0.25, -0.2) is 4.79 Å². The predicted octanol–water partition coefficient (Wildman–Crippen LogP) is 3.07. The lowest BCUT2D eigenvalue weighted by Gasteiger charge is -2.23. The smallest absolute Gasteiger partial charge is 0.414 e. The van der Waals surface area contributed by atoms with Crippen LogP contribution in [0.1, 0.15) is 20.8 Å². The molecule has 4 nitrogen and oxygen atoms in total. The minimum Gasteiger partial charge on any atom is -0.446 e. The van der Waals surface area contributed by atoms with E-state index in [-0.39, 0.29) is 12.2 Å². The van der Waals surface area contributed by atoms with Gasteiger partial charge in [0.2, 0.25) is 0 Å². The van der Waals surface area contributed by atoms with Crippen LogP contribution in [0.3, 0.4) is 0 Å². The van der Waals surface area contributed by atoms with Crippen molar-refractivity contribution >= 4 is 11.8 Å². The molecule has 0 atom stereocenters. The molecule has 1 aromatic carbocycles. The summed E-state index contributed by atoms with van der Waals surface area (Å²) < 4.78 is 10.5. The Kier molecular flexibility index (Phi) is 6.22. The summed E-state index contributed by atoms with van der Waals surface area (Å²) in [5.41, 5.74) is 0.822. The number of hydrogen-bond donors (Lipinski definition) is 0. The zero-order valence-corrected chi connectivity index (χ0v) is 11.3. The molecular formula is C14H21NO3. The summed E-state index contributed by atoms with van der Waals surface area (Å²) in [5.74, 6) is 0. The Morgan fingerprint density at radius 1 is 1.28 bits per heavy atom. The van der Waals surface area contributed by atoms with Crippen molar-refractivity contribution in [2.24, 2.45) is 0 Å². The average Bonchev–Trinajstić information content (AvgIpc) is 2.35. The van der Waals surface area contributed by atoms with E-state index in [9.17, 15) is 4.79 Å². The molecule has 0 aliphatic heterocycles. The minimum atomic E-state index is -0.337. The van der Waals surface area contributed by atoms with Crippen LogP contribution >= 0.6 is 0 Å². The zero-order valence-electron chi connectivity index (χ0n) is 11.3. The molecule has 0 unspecified atom stereocenters. The number of para-hydroxylation sites is 1. The third-order valence-corrected chi connectivity index (χ3v) is 2.29. The van der Waals surface area contributed by atoms with E-state index >= 15 is 0 Å². The van der Waals surface area contributed by atoms with Crippen LogP contribution < -0.4 is 4.90 Å². The Hall–Kier alpha value is -1.55. The highest BCUT2D eigenvalue weighted by molar-refractivity contribution is 5.87. The Labute approximate surface area is 108 Å². The molecule has 0 saturated heterocycles. The van der Waals surface area contributed by atoms with Crippen molar-refractivity contribution in [3.63, 3.8) is 0 Å². The van der Waals surface area contributed by atoms with Crippen molar-refractivity contribution in [1.82, 2.24) is 0 Å². The maximum atomic E-state index is 12.0. The molecule has 0 radical (unpaired) electrons. The summed E-state index contributed by atoms with van der Waals surface area (Å²) in [7, 11) is 0. The maximum absolute atomic E-state index is 12.0. The van der Waals surface area contributed by atoms with E-state index in [4.69, 9.17) is 9.47 Å². The van der Waals surface area contributed by atoms with Crippen LogP contribution in [0.5, 0.6) is 0 Å². The Morgan fingerprint density at radius 2 is 1.94 bits per heavy atom. The lowest BCUT2D eigenvalue weighted by molar-refractivity contribution is 0.116. The Balaban J connectivity index is 2.72. The van der Waals surface area contributed by atoms with E-state index < -0.39 is 0 Å². The minimum absolute atomic E-state index is 0.129. The molecule has 0 aromatic heterocycles. The Morgan fingerprint density at radius 3 is 2.50 bits per heavy atom. The summed E-state index contributed by atoms with van der Waals surface area (Å²) in [6.07, 6.45) is -0.466. The molecule has 0 bridgehead atoms. The summed E-state index contributed by atoms with van der Waals surface area (Å²) in [4.78, 5) is 13.6. The number of carbonyl (C=O) groups excluding carboxylic acids is 1. The number of hydrogen-bond acceptors (Lipinski definition) is 3. The number of benzene rings is 1. The molecule has 0 spiro atoms. The first-order valence-electron chi connectivity index (χ1n) is 6.26. The van der Waals surface area contributed by atoms with Gasteiger partial charge < -0.3 is 9.47 Å². The fourth-order valence-electron chi connectivity index (χ4n) is 1.50. The average molecular weight is 251 g/mol. The summed E-state index contributed by atoms with van der Waals surface area (Å²) >= 11 is 0. The Bertz CT molecular complexity index is 351. The quantitative estimate of drug-likeness (QED) is 0.729. The predicted molar refractivity (Wildman–Crippen MR) is 71.9 cm³/mol. The van der Waals surface area contributed by atoms with Crippen molar-refractivity contribution in [2.45, 2.75) is 26.9 Å². The topological polar surface area (TPSA) is 38.8 Å². The van der Waals surface area contributed by atoms with Gasteiger partial charge in [-0.3, -0.25) is 4.90 Å². The van der Waals surface area contributed by atoms with E-state index in [1.165, 1.54) is 0 Å². The van der Waals surface area contributed by atoms with Crippen molar-refractivity contribution < 1.29 is 14.3 Å². The SMILES string of the molecule is CCOCCN(C(=O)OC(C)C)c1ccccc1. The van der Waals surface area contributed by atoms with E-state index in [0.717, 1.165) is 5.69 Å². The van der Waals surface area contributed by atoms with Crippen LogP contribution in [0, 0.1) is 0 Å². The number of ether oxygens (including phenoxy) is 2. The van der Waals surface area contributed by atoms with Crippen LogP contribution in [0.15, 0.2) is 30.3 Å². The second kappa shape index (κ2) is 7.71. The first kappa shape index (κ1) is 14.5. The van der Waals surface area contributed by atoms with Gasteiger partial charge in [0.1, 0.15) is 0 Å². The molecule has 18 heavy (non-hydrogen) atoms. The van der Waals surface area contributed by atoms with Crippen molar-refractivity contribution in [1.29, 1.82) is 0 Å². The first-order valence-corrected chi connectivity index (χ1v) is 6.26. The van der Waals surface area contributed by atoms with Crippen LogP contribution in [0.25, 0.3) is 0 Å². The molecule has 100 valence electrons. The highest BCUT2D eigenvalue weighted by atomic mass is 16.6. The largest absolute Gasteiger partial charge is 0.446 e. The number of carbonyl (C=O) groups is 1.